The molecule has 0 spiro atoms. The van der Waals surface area contributed by atoms with E-state index in [4.69, 9.17) is 10.8 Å². The Morgan fingerprint density at radius 3 is 2.64 bits per heavy atom. The fourth-order valence-corrected chi connectivity index (χ4v) is 1.05. The Kier molecular flexibility index (Phi) is 2.42. The van der Waals surface area contributed by atoms with Gasteiger partial charge in [0.1, 0.15) is 5.75 Å². The third-order valence-electron chi connectivity index (χ3n) is 1.53. The molecule has 0 amide bonds. The Bertz CT molecular complexity index is 260. The Morgan fingerprint density at radius 1 is 1.55 bits per heavy atom. The van der Waals surface area contributed by atoms with Crippen LogP contribution in [0.25, 0.3) is 0 Å². The number of phenolic OH excluding ortho intramolecular Hbond substituents is 1. The molecule has 0 aliphatic carbocycles. The summed E-state index contributed by atoms with van der Waals surface area (Å²) < 4.78 is 0. The highest BCUT2D eigenvalue weighted by Crippen LogP contribution is 2.23. The summed E-state index contributed by atoms with van der Waals surface area (Å²) in [6.07, 6.45) is 0. The molecule has 1 atom stereocenters. The largest absolute Gasteiger partial charge is 0.507 e. The van der Waals surface area contributed by atoms with Gasteiger partial charge in [0.15, 0.2) is 0 Å². The maximum atomic E-state index is 9.11. The Morgan fingerprint density at radius 2 is 2.18 bits per heavy atom. The van der Waals surface area contributed by atoms with Crippen LogP contribution in [0.5, 0.6) is 5.75 Å². The number of hydrogen-bond acceptors (Lipinski definition) is 3. The summed E-state index contributed by atoms with van der Waals surface area (Å²) in [6, 6.07) is 5.14. The molecule has 0 fully saturated rings. The average Bonchev–Trinajstić information content (AvgIpc) is 1.94. The van der Waals surface area contributed by atoms with Crippen molar-refractivity contribution < 1.29 is 5.11 Å². The van der Waals surface area contributed by atoms with Gasteiger partial charge in [0.2, 0.25) is 0 Å². The van der Waals surface area contributed by atoms with E-state index in [9.17, 15) is 0 Å². The van der Waals surface area contributed by atoms with Crippen molar-refractivity contribution in [2.45, 2.75) is 17.9 Å². The van der Waals surface area contributed by atoms with E-state index in [-0.39, 0.29) is 11.8 Å². The van der Waals surface area contributed by atoms with Gasteiger partial charge in [0, 0.05) is 10.9 Å². The van der Waals surface area contributed by atoms with E-state index in [0.717, 1.165) is 5.56 Å². The summed E-state index contributed by atoms with van der Waals surface area (Å²) in [5.41, 5.74) is 6.60. The summed E-state index contributed by atoms with van der Waals surface area (Å²) in [6.45, 7) is 1.89. The maximum Gasteiger partial charge on any atom is 0.128 e. The Hall–Kier alpha value is -0.670. The molecular weight excluding hydrogens is 158 g/mol. The lowest BCUT2D eigenvalue weighted by Gasteiger charge is -2.06. The second-order valence-electron chi connectivity index (χ2n) is 2.54. The number of benzene rings is 1. The highest BCUT2D eigenvalue weighted by Gasteiger charge is 2.01. The molecular formula is C8H11NOS. The van der Waals surface area contributed by atoms with Gasteiger partial charge in [0.25, 0.3) is 0 Å². The lowest BCUT2D eigenvalue weighted by Crippen LogP contribution is -2.04. The van der Waals surface area contributed by atoms with Crippen LogP contribution >= 0.6 is 12.6 Å². The SMILES string of the molecule is CC(N)c1ccc(O)c(S)c1. The van der Waals surface area contributed by atoms with Crippen molar-refractivity contribution in [2.75, 3.05) is 0 Å². The number of hydrogen-bond donors (Lipinski definition) is 3. The molecule has 1 aromatic carbocycles. The lowest BCUT2D eigenvalue weighted by atomic mass is 10.1. The number of nitrogens with two attached hydrogens (primary N) is 1. The van der Waals surface area contributed by atoms with Crippen LogP contribution in [0.3, 0.4) is 0 Å². The van der Waals surface area contributed by atoms with Crippen LogP contribution in [0.4, 0.5) is 0 Å². The predicted octanol–water partition coefficient (Wildman–Crippen LogP) is 1.70. The van der Waals surface area contributed by atoms with Crippen molar-refractivity contribution in [3.8, 4) is 5.75 Å². The van der Waals surface area contributed by atoms with Crippen molar-refractivity contribution in [3.63, 3.8) is 0 Å². The minimum absolute atomic E-state index is 0.0125. The molecule has 0 bridgehead atoms. The first-order valence-corrected chi connectivity index (χ1v) is 3.83. The molecule has 11 heavy (non-hydrogen) atoms. The van der Waals surface area contributed by atoms with Gasteiger partial charge < -0.3 is 10.8 Å². The quantitative estimate of drug-likeness (QED) is 0.560. The first-order chi connectivity index (χ1) is 5.11. The lowest BCUT2D eigenvalue weighted by molar-refractivity contribution is 0.462. The smallest absolute Gasteiger partial charge is 0.128 e. The first kappa shape index (κ1) is 8.43. The van der Waals surface area contributed by atoms with E-state index < -0.39 is 0 Å². The van der Waals surface area contributed by atoms with Crippen LogP contribution in [0.15, 0.2) is 23.1 Å². The first-order valence-electron chi connectivity index (χ1n) is 3.38. The molecule has 1 rings (SSSR count). The minimum atomic E-state index is -0.0125. The van der Waals surface area contributed by atoms with Gasteiger partial charge in [-0.15, -0.1) is 12.6 Å². The van der Waals surface area contributed by atoms with Crippen LogP contribution < -0.4 is 5.73 Å². The third-order valence-corrected chi connectivity index (χ3v) is 1.88. The summed E-state index contributed by atoms with van der Waals surface area (Å²) in [7, 11) is 0. The second-order valence-corrected chi connectivity index (χ2v) is 3.02. The summed E-state index contributed by atoms with van der Waals surface area (Å²) >= 11 is 4.06. The maximum absolute atomic E-state index is 9.11. The highest BCUT2D eigenvalue weighted by atomic mass is 32.1. The summed E-state index contributed by atoms with van der Waals surface area (Å²) in [5, 5.41) is 9.11. The molecule has 0 aromatic heterocycles. The number of rotatable bonds is 1. The van der Waals surface area contributed by atoms with Gasteiger partial charge in [-0.25, -0.2) is 0 Å². The molecule has 2 nitrogen and oxygen atoms in total. The van der Waals surface area contributed by atoms with Gasteiger partial charge in [-0.1, -0.05) is 6.07 Å². The van der Waals surface area contributed by atoms with Crippen LogP contribution in [0, 0.1) is 0 Å². The highest BCUT2D eigenvalue weighted by molar-refractivity contribution is 7.80. The Balaban J connectivity index is 3.05. The van der Waals surface area contributed by atoms with Crippen molar-refractivity contribution in [1.82, 2.24) is 0 Å². The second kappa shape index (κ2) is 3.15. The third kappa shape index (κ3) is 1.88. The van der Waals surface area contributed by atoms with Crippen LogP contribution in [-0.2, 0) is 0 Å². The van der Waals surface area contributed by atoms with Crippen molar-refractivity contribution in [1.29, 1.82) is 0 Å². The normalized spacial score (nSPS) is 13.0. The molecule has 0 heterocycles. The fraction of sp³-hybridized carbons (Fsp3) is 0.250. The number of thiol groups is 1. The monoisotopic (exact) mass is 169 g/mol. The zero-order valence-electron chi connectivity index (χ0n) is 6.28. The van der Waals surface area contributed by atoms with E-state index in [0.29, 0.717) is 4.90 Å². The molecule has 0 aliphatic rings. The van der Waals surface area contributed by atoms with E-state index in [1.165, 1.54) is 0 Å². The fourth-order valence-electron chi connectivity index (χ4n) is 0.824. The molecule has 0 aliphatic heterocycles. The van der Waals surface area contributed by atoms with Gasteiger partial charge in [-0.2, -0.15) is 0 Å². The zero-order valence-corrected chi connectivity index (χ0v) is 7.18. The van der Waals surface area contributed by atoms with Crippen molar-refractivity contribution in [3.05, 3.63) is 23.8 Å². The Labute approximate surface area is 71.5 Å². The predicted molar refractivity (Wildman–Crippen MR) is 48.0 cm³/mol. The van der Waals surface area contributed by atoms with Gasteiger partial charge >= 0.3 is 0 Å². The van der Waals surface area contributed by atoms with E-state index >= 15 is 0 Å². The van der Waals surface area contributed by atoms with Crippen molar-refractivity contribution >= 4 is 12.6 Å². The molecule has 1 unspecified atom stereocenters. The molecule has 0 saturated carbocycles. The average molecular weight is 169 g/mol. The topological polar surface area (TPSA) is 46.2 Å². The summed E-state index contributed by atoms with van der Waals surface area (Å²) in [4.78, 5) is 0.569. The number of aromatic hydroxyl groups is 1. The van der Waals surface area contributed by atoms with E-state index in [1.807, 2.05) is 6.92 Å². The molecule has 0 saturated heterocycles. The zero-order chi connectivity index (χ0) is 8.43. The van der Waals surface area contributed by atoms with E-state index in [1.54, 1.807) is 18.2 Å². The van der Waals surface area contributed by atoms with Gasteiger partial charge in [0.05, 0.1) is 0 Å². The molecule has 60 valence electrons. The molecule has 0 radical (unpaired) electrons. The van der Waals surface area contributed by atoms with E-state index in [2.05, 4.69) is 12.6 Å². The van der Waals surface area contributed by atoms with Crippen molar-refractivity contribution in [2.24, 2.45) is 5.73 Å². The van der Waals surface area contributed by atoms with Gasteiger partial charge in [-0.3, -0.25) is 0 Å². The standard InChI is InChI=1S/C8H11NOS/c1-5(9)6-2-3-7(10)8(11)4-6/h2-5,10-11H,9H2,1H3. The van der Waals surface area contributed by atoms with Crippen LogP contribution in [0.2, 0.25) is 0 Å². The number of phenols is 1. The molecule has 1 aromatic rings. The minimum Gasteiger partial charge on any atom is -0.507 e. The van der Waals surface area contributed by atoms with Crippen LogP contribution in [-0.4, -0.2) is 5.11 Å². The molecule has 3 heteroatoms. The molecule has 3 N–H and O–H groups in total. The summed E-state index contributed by atoms with van der Waals surface area (Å²) in [5.74, 6) is 0.192. The van der Waals surface area contributed by atoms with Crippen LogP contribution in [0.1, 0.15) is 18.5 Å². The van der Waals surface area contributed by atoms with Gasteiger partial charge in [-0.05, 0) is 24.6 Å².